The Kier molecular flexibility index (Phi) is 6.35. The zero-order valence-corrected chi connectivity index (χ0v) is 15.3. The number of aldehydes is 1. The van der Waals surface area contributed by atoms with Crippen molar-refractivity contribution in [1.29, 1.82) is 0 Å². The van der Waals surface area contributed by atoms with Crippen molar-refractivity contribution in [2.45, 2.75) is 76.8 Å². The van der Waals surface area contributed by atoms with Gasteiger partial charge >= 0.3 is 5.97 Å². The Morgan fingerprint density at radius 2 is 1.91 bits per heavy atom. The minimum Gasteiger partial charge on any atom is -0.481 e. The number of hydrogen-bond acceptors (Lipinski definition) is 4. The lowest BCUT2D eigenvalue weighted by Crippen LogP contribution is -2.45. The van der Waals surface area contributed by atoms with Gasteiger partial charge in [0.15, 0.2) is 8.32 Å². The lowest BCUT2D eigenvalue weighted by atomic mass is 9.87. The van der Waals surface area contributed by atoms with Crippen LogP contribution in [0.4, 0.5) is 0 Å². The molecule has 22 heavy (non-hydrogen) atoms. The first-order valence-electron chi connectivity index (χ1n) is 8.01. The van der Waals surface area contributed by atoms with Gasteiger partial charge in [0.25, 0.3) is 0 Å². The first-order valence-corrected chi connectivity index (χ1v) is 10.9. The van der Waals surface area contributed by atoms with Crippen molar-refractivity contribution in [3.8, 4) is 0 Å². The van der Waals surface area contributed by atoms with E-state index in [1.54, 1.807) is 0 Å². The maximum Gasteiger partial charge on any atom is 0.303 e. The fourth-order valence-electron chi connectivity index (χ4n) is 2.99. The van der Waals surface area contributed by atoms with Gasteiger partial charge in [-0.1, -0.05) is 20.8 Å². The van der Waals surface area contributed by atoms with Gasteiger partial charge in [0.2, 0.25) is 0 Å². The highest BCUT2D eigenvalue weighted by atomic mass is 28.4. The normalized spacial score (nSPS) is 29.5. The molecular weight excluding hydrogens is 300 g/mol. The first-order chi connectivity index (χ1) is 9.99. The van der Waals surface area contributed by atoms with Crippen LogP contribution in [0, 0.1) is 11.8 Å². The van der Waals surface area contributed by atoms with E-state index in [1.807, 2.05) is 0 Å². The van der Waals surface area contributed by atoms with Crippen molar-refractivity contribution in [3.63, 3.8) is 0 Å². The van der Waals surface area contributed by atoms with E-state index in [0.717, 1.165) is 6.29 Å². The molecule has 0 aromatic heterocycles. The molecule has 128 valence electrons. The van der Waals surface area contributed by atoms with E-state index in [2.05, 4.69) is 33.9 Å². The highest BCUT2D eigenvalue weighted by Crippen LogP contribution is 2.44. The SMILES string of the molecule is CC(C)(C)[Si](C)(C)O[C@H]1C[C@@H](O)[C@@H](CC(=O)O)[C@@H]1CCC=O. The molecule has 1 fully saturated rings. The van der Waals surface area contributed by atoms with Gasteiger partial charge in [-0.3, -0.25) is 4.79 Å². The Morgan fingerprint density at radius 3 is 2.36 bits per heavy atom. The van der Waals surface area contributed by atoms with Gasteiger partial charge < -0.3 is 19.4 Å². The molecule has 2 N–H and O–H groups in total. The average Bonchev–Trinajstić information content (AvgIpc) is 2.60. The number of hydrogen-bond donors (Lipinski definition) is 2. The molecule has 0 saturated heterocycles. The van der Waals surface area contributed by atoms with Crippen molar-refractivity contribution in [1.82, 2.24) is 0 Å². The van der Waals surface area contributed by atoms with Crippen LogP contribution in [0.15, 0.2) is 0 Å². The maximum absolute atomic E-state index is 11.1. The van der Waals surface area contributed by atoms with Gasteiger partial charge in [0.05, 0.1) is 18.6 Å². The second kappa shape index (κ2) is 7.23. The van der Waals surface area contributed by atoms with E-state index in [1.165, 1.54) is 0 Å². The summed E-state index contributed by atoms with van der Waals surface area (Å²) in [6.45, 7) is 10.8. The molecule has 1 saturated carbocycles. The van der Waals surface area contributed by atoms with Crippen molar-refractivity contribution in [2.75, 3.05) is 0 Å². The Bertz CT molecular complexity index is 402. The number of aliphatic carboxylic acids is 1. The number of rotatable bonds is 7. The summed E-state index contributed by atoms with van der Waals surface area (Å²) in [5, 5.41) is 19.4. The summed E-state index contributed by atoms with van der Waals surface area (Å²) in [4.78, 5) is 21.8. The van der Waals surface area contributed by atoms with Crippen LogP contribution < -0.4 is 0 Å². The lowest BCUT2D eigenvalue weighted by molar-refractivity contribution is -0.139. The summed E-state index contributed by atoms with van der Waals surface area (Å²) < 4.78 is 6.43. The molecule has 0 aromatic carbocycles. The number of carbonyl (C=O) groups excluding carboxylic acids is 1. The van der Waals surface area contributed by atoms with Crippen LogP contribution in [0.2, 0.25) is 18.1 Å². The molecule has 5 nitrogen and oxygen atoms in total. The molecule has 0 unspecified atom stereocenters. The number of carbonyl (C=O) groups is 2. The second-order valence-electron chi connectivity index (χ2n) is 7.89. The molecule has 1 aliphatic rings. The van der Waals surface area contributed by atoms with E-state index in [-0.39, 0.29) is 29.4 Å². The van der Waals surface area contributed by atoms with Crippen LogP contribution in [0.1, 0.15) is 46.5 Å². The molecule has 0 radical (unpaired) electrons. The van der Waals surface area contributed by atoms with Gasteiger partial charge in [-0.25, -0.2) is 0 Å². The maximum atomic E-state index is 11.1. The molecule has 1 rings (SSSR count). The third-order valence-electron chi connectivity index (χ3n) is 5.28. The van der Waals surface area contributed by atoms with Gasteiger partial charge in [-0.05, 0) is 36.9 Å². The summed E-state index contributed by atoms with van der Waals surface area (Å²) >= 11 is 0. The third kappa shape index (κ3) is 4.63. The fourth-order valence-corrected chi connectivity index (χ4v) is 4.37. The van der Waals surface area contributed by atoms with Crippen LogP contribution in [0.5, 0.6) is 0 Å². The van der Waals surface area contributed by atoms with E-state index in [0.29, 0.717) is 19.3 Å². The molecule has 4 atom stereocenters. The Labute approximate surface area is 134 Å². The van der Waals surface area contributed by atoms with Crippen LogP contribution in [0.25, 0.3) is 0 Å². The monoisotopic (exact) mass is 330 g/mol. The predicted octanol–water partition coefficient (Wildman–Crippen LogP) is 2.83. The quantitative estimate of drug-likeness (QED) is 0.554. The van der Waals surface area contributed by atoms with E-state index in [4.69, 9.17) is 9.53 Å². The number of aliphatic hydroxyl groups excluding tert-OH is 1. The fraction of sp³-hybridized carbons (Fsp3) is 0.875. The molecule has 0 amide bonds. The largest absolute Gasteiger partial charge is 0.481 e. The highest BCUT2D eigenvalue weighted by Gasteiger charge is 2.48. The summed E-state index contributed by atoms with van der Waals surface area (Å²) in [5.41, 5.74) is 0. The van der Waals surface area contributed by atoms with Crippen LogP contribution >= 0.6 is 0 Å². The second-order valence-corrected chi connectivity index (χ2v) is 12.6. The predicted molar refractivity (Wildman–Crippen MR) is 87.2 cm³/mol. The van der Waals surface area contributed by atoms with Crippen molar-refractivity contribution >= 4 is 20.6 Å². The number of carboxylic acids is 1. The van der Waals surface area contributed by atoms with Gasteiger partial charge in [-0.2, -0.15) is 0 Å². The minimum absolute atomic E-state index is 0.0536. The zero-order chi connectivity index (χ0) is 17.1. The van der Waals surface area contributed by atoms with Gasteiger partial charge in [-0.15, -0.1) is 0 Å². The van der Waals surface area contributed by atoms with E-state index in [9.17, 15) is 14.7 Å². The zero-order valence-electron chi connectivity index (χ0n) is 14.3. The molecule has 0 aromatic rings. The first kappa shape index (κ1) is 19.3. The molecule has 6 heteroatoms. The van der Waals surface area contributed by atoms with E-state index >= 15 is 0 Å². The molecule has 0 bridgehead atoms. The summed E-state index contributed by atoms with van der Waals surface area (Å²) in [6.07, 6.45) is 1.40. The third-order valence-corrected chi connectivity index (χ3v) is 9.78. The molecule has 0 aliphatic heterocycles. The topological polar surface area (TPSA) is 83.8 Å². The van der Waals surface area contributed by atoms with E-state index < -0.39 is 20.4 Å². The highest BCUT2D eigenvalue weighted by molar-refractivity contribution is 6.74. The van der Waals surface area contributed by atoms with Crippen LogP contribution in [-0.4, -0.2) is 43.0 Å². The average molecular weight is 330 g/mol. The summed E-state index contributed by atoms with van der Waals surface area (Å²) in [7, 11) is -2.00. The number of aliphatic hydroxyl groups is 1. The van der Waals surface area contributed by atoms with Gasteiger partial charge in [0, 0.05) is 12.3 Å². The van der Waals surface area contributed by atoms with Crippen molar-refractivity contribution in [3.05, 3.63) is 0 Å². The molecule has 0 heterocycles. The lowest BCUT2D eigenvalue weighted by Gasteiger charge is -2.40. The Morgan fingerprint density at radius 1 is 1.32 bits per heavy atom. The standard InChI is InChI=1S/C16H30O5Si/c1-16(2,3)22(4,5)21-14-10-13(18)12(9-15(19)20)11(14)7-6-8-17/h8,11-14,18H,6-7,9-10H2,1-5H3,(H,19,20)/t11-,12-,13+,14-/m0/s1. The van der Waals surface area contributed by atoms with Crippen molar-refractivity contribution in [2.24, 2.45) is 11.8 Å². The van der Waals surface area contributed by atoms with Crippen LogP contribution in [-0.2, 0) is 14.0 Å². The molecule has 0 spiro atoms. The van der Waals surface area contributed by atoms with Crippen molar-refractivity contribution < 1.29 is 24.2 Å². The number of carboxylic acid groups (broad SMARTS) is 1. The summed E-state index contributed by atoms with van der Waals surface area (Å²) in [5.74, 6) is -1.30. The minimum atomic E-state index is -2.00. The van der Waals surface area contributed by atoms with Crippen LogP contribution in [0.3, 0.4) is 0 Å². The Balaban J connectivity index is 2.92. The Hall–Kier alpha value is -0.723. The molecule has 1 aliphatic carbocycles. The summed E-state index contributed by atoms with van der Waals surface area (Å²) in [6, 6.07) is 0. The smallest absolute Gasteiger partial charge is 0.303 e. The van der Waals surface area contributed by atoms with Gasteiger partial charge in [0.1, 0.15) is 6.29 Å². The molecular formula is C16H30O5Si.